The summed E-state index contributed by atoms with van der Waals surface area (Å²) in [5.74, 6) is -0.522. The Morgan fingerprint density at radius 3 is 2.73 bits per heavy atom. The Balaban J connectivity index is 3.50. The van der Waals surface area contributed by atoms with E-state index in [1.54, 1.807) is 6.92 Å². The third kappa shape index (κ3) is 1.37. The molecule has 0 unspecified atom stereocenters. The fourth-order valence-electron chi connectivity index (χ4n) is 0.692. The molecule has 0 atom stereocenters. The Hall–Kier alpha value is -1.38. The van der Waals surface area contributed by atoms with Gasteiger partial charge in [-0.25, -0.2) is 4.39 Å². The zero-order valence-corrected chi connectivity index (χ0v) is 6.22. The van der Waals surface area contributed by atoms with Gasteiger partial charge in [-0.2, -0.15) is 0 Å². The monoisotopic (exact) mass is 153 g/mol. The molecular weight excluding hydrogens is 145 g/mol. The molecule has 0 radical (unpaired) electrons. The highest BCUT2D eigenvalue weighted by atomic mass is 19.1. The fourth-order valence-corrected chi connectivity index (χ4v) is 0.692. The summed E-state index contributed by atoms with van der Waals surface area (Å²) < 4.78 is 17.2. The Morgan fingerprint density at radius 1 is 1.73 bits per heavy atom. The Labute approximate surface area is 63.3 Å². The van der Waals surface area contributed by atoms with Crippen molar-refractivity contribution in [3.8, 4) is 0 Å². The Morgan fingerprint density at radius 2 is 2.36 bits per heavy atom. The highest BCUT2D eigenvalue weighted by Gasteiger charge is 1.99. The summed E-state index contributed by atoms with van der Waals surface area (Å²) >= 11 is 0. The predicted octanol–water partition coefficient (Wildman–Crippen LogP) is 0.739. The number of rotatable bonds is 1. The standard InChI is InChI=1S/C8H8FNO/c1-5-4-10-11-8(5)6(2)7(3)9/h4H,1,3H2,2H3/b8-6+. The number of nitrogens with zero attached hydrogens (tertiary/aromatic N) is 1. The van der Waals surface area contributed by atoms with Gasteiger partial charge in [0.15, 0.2) is 5.42 Å². The molecule has 11 heavy (non-hydrogen) atoms. The van der Waals surface area contributed by atoms with Crippen LogP contribution in [0.4, 0.5) is 4.39 Å². The smallest absolute Gasteiger partial charge is 0.172 e. The molecule has 0 amide bonds. The molecule has 1 heterocycles. The quantitative estimate of drug-likeness (QED) is 0.594. The van der Waals surface area contributed by atoms with Gasteiger partial charge in [-0.1, -0.05) is 18.3 Å². The van der Waals surface area contributed by atoms with Gasteiger partial charge in [0.25, 0.3) is 0 Å². The molecule has 2 nitrogen and oxygen atoms in total. The summed E-state index contributed by atoms with van der Waals surface area (Å²) in [6.45, 7) is 8.30. The highest BCUT2D eigenvalue weighted by molar-refractivity contribution is 5.55. The number of hydrogen-bond donors (Lipinski definition) is 0. The van der Waals surface area contributed by atoms with Crippen molar-refractivity contribution in [1.82, 2.24) is 5.16 Å². The second kappa shape index (κ2) is 2.70. The summed E-state index contributed by atoms with van der Waals surface area (Å²) in [7, 11) is 0. The van der Waals surface area contributed by atoms with Gasteiger partial charge in [0.1, 0.15) is 5.83 Å². The van der Waals surface area contributed by atoms with Gasteiger partial charge in [0.05, 0.1) is 6.20 Å². The molecule has 1 rings (SSSR count). The summed E-state index contributed by atoms with van der Waals surface area (Å²) in [5, 5.41) is 4.03. The van der Waals surface area contributed by atoms with Crippen molar-refractivity contribution in [2.24, 2.45) is 0 Å². The van der Waals surface area contributed by atoms with E-state index < -0.39 is 5.83 Å². The molecule has 0 bridgehead atoms. The van der Waals surface area contributed by atoms with E-state index in [2.05, 4.69) is 18.3 Å². The molecule has 0 saturated heterocycles. The molecule has 0 spiro atoms. The lowest BCUT2D eigenvalue weighted by Gasteiger charge is -1.88. The molecule has 58 valence electrons. The first kappa shape index (κ1) is 7.72. The number of allylic oxidation sites excluding steroid dienone is 1. The zero-order valence-electron chi connectivity index (χ0n) is 6.22. The largest absolute Gasteiger partial charge is 0.356 e. The van der Waals surface area contributed by atoms with Crippen LogP contribution in [0.15, 0.2) is 23.1 Å². The zero-order chi connectivity index (χ0) is 8.43. The summed E-state index contributed by atoms with van der Waals surface area (Å²) in [5.41, 5.74) is 0.699. The van der Waals surface area contributed by atoms with Crippen molar-refractivity contribution in [3.63, 3.8) is 0 Å². The third-order valence-corrected chi connectivity index (χ3v) is 1.39. The lowest BCUT2D eigenvalue weighted by Crippen LogP contribution is -2.19. The van der Waals surface area contributed by atoms with Crippen LogP contribution >= 0.6 is 0 Å². The first-order valence-electron chi connectivity index (χ1n) is 3.08. The summed E-state index contributed by atoms with van der Waals surface area (Å²) in [4.78, 5) is 0. The van der Waals surface area contributed by atoms with Crippen molar-refractivity contribution < 1.29 is 8.91 Å². The van der Waals surface area contributed by atoms with E-state index >= 15 is 0 Å². The van der Waals surface area contributed by atoms with Crippen molar-refractivity contribution in [2.45, 2.75) is 6.92 Å². The van der Waals surface area contributed by atoms with Crippen molar-refractivity contribution in [2.75, 3.05) is 0 Å². The molecule has 1 aromatic rings. The number of halogens is 1. The van der Waals surface area contributed by atoms with Crippen LogP contribution in [-0.2, 0) is 0 Å². The topological polar surface area (TPSA) is 26.0 Å². The second-order valence-electron chi connectivity index (χ2n) is 2.21. The molecule has 0 aliphatic carbocycles. The van der Waals surface area contributed by atoms with E-state index in [0.717, 1.165) is 0 Å². The first-order chi connectivity index (χ1) is 5.13. The van der Waals surface area contributed by atoms with Crippen molar-refractivity contribution in [1.29, 1.82) is 0 Å². The molecule has 0 saturated carbocycles. The van der Waals surface area contributed by atoms with Gasteiger partial charge < -0.3 is 4.52 Å². The van der Waals surface area contributed by atoms with Gasteiger partial charge in [0, 0.05) is 10.8 Å². The molecular formula is C8H8FNO. The minimum atomic E-state index is -0.522. The maximum absolute atomic E-state index is 12.5. The highest BCUT2D eigenvalue weighted by Crippen LogP contribution is 2.04. The predicted molar refractivity (Wildman–Crippen MR) is 40.6 cm³/mol. The maximum atomic E-state index is 12.5. The van der Waals surface area contributed by atoms with Gasteiger partial charge in [0.2, 0.25) is 0 Å². The molecule has 3 heteroatoms. The first-order valence-corrected chi connectivity index (χ1v) is 3.08. The van der Waals surface area contributed by atoms with Gasteiger partial charge >= 0.3 is 0 Å². The second-order valence-corrected chi connectivity index (χ2v) is 2.21. The van der Waals surface area contributed by atoms with E-state index in [1.807, 2.05) is 0 Å². The maximum Gasteiger partial charge on any atom is 0.172 e. The average Bonchev–Trinajstić information content (AvgIpc) is 2.33. The van der Waals surface area contributed by atoms with Crippen molar-refractivity contribution >= 4 is 12.2 Å². The van der Waals surface area contributed by atoms with E-state index in [4.69, 9.17) is 4.52 Å². The van der Waals surface area contributed by atoms with Crippen LogP contribution in [0.3, 0.4) is 0 Å². The van der Waals surface area contributed by atoms with Crippen LogP contribution in [-0.4, -0.2) is 5.16 Å². The van der Waals surface area contributed by atoms with Crippen molar-refractivity contribution in [3.05, 3.63) is 29.2 Å². The minimum Gasteiger partial charge on any atom is -0.356 e. The van der Waals surface area contributed by atoms with Gasteiger partial charge in [-0.3, -0.25) is 0 Å². The molecule has 0 aliphatic heterocycles. The minimum absolute atomic E-state index is 0.340. The summed E-state index contributed by atoms with van der Waals surface area (Å²) in [6, 6.07) is 0. The summed E-state index contributed by atoms with van der Waals surface area (Å²) in [6.07, 6.45) is 1.43. The lowest BCUT2D eigenvalue weighted by atomic mass is 10.2. The van der Waals surface area contributed by atoms with E-state index in [9.17, 15) is 4.39 Å². The van der Waals surface area contributed by atoms with Crippen LogP contribution in [0.5, 0.6) is 0 Å². The Kier molecular flexibility index (Phi) is 1.89. The van der Waals surface area contributed by atoms with Crippen LogP contribution in [0.1, 0.15) is 6.92 Å². The van der Waals surface area contributed by atoms with Gasteiger partial charge in [-0.15, -0.1) is 0 Å². The molecule has 0 aromatic carbocycles. The van der Waals surface area contributed by atoms with E-state index in [1.165, 1.54) is 6.20 Å². The Bertz CT molecular complexity index is 377. The third-order valence-electron chi connectivity index (χ3n) is 1.39. The van der Waals surface area contributed by atoms with Crippen LogP contribution < -0.4 is 10.6 Å². The molecule has 0 N–H and O–H groups in total. The number of aromatic nitrogens is 1. The number of hydrogen-bond acceptors (Lipinski definition) is 2. The van der Waals surface area contributed by atoms with Crippen LogP contribution in [0, 0.1) is 0 Å². The molecule has 1 aromatic heterocycles. The van der Waals surface area contributed by atoms with Crippen LogP contribution in [0.2, 0.25) is 0 Å². The molecule has 0 fully saturated rings. The SMILES string of the molecule is C=C(F)/C(C)=c1/oncc1=C. The average molecular weight is 153 g/mol. The molecule has 0 aliphatic rings. The lowest BCUT2D eigenvalue weighted by molar-refractivity contribution is 0.391. The van der Waals surface area contributed by atoms with Crippen LogP contribution in [0.25, 0.3) is 12.2 Å². The van der Waals surface area contributed by atoms with E-state index in [-0.39, 0.29) is 0 Å². The van der Waals surface area contributed by atoms with E-state index in [0.29, 0.717) is 16.2 Å². The van der Waals surface area contributed by atoms with Gasteiger partial charge in [-0.05, 0) is 6.92 Å². The normalized spacial score (nSPS) is 12.9. The fraction of sp³-hybridized carbons (Fsp3) is 0.125.